The number of carbonyl (C=O) groups excluding carboxylic acids is 1. The number of rotatable bonds is 4. The molecule has 0 aromatic heterocycles. The summed E-state index contributed by atoms with van der Waals surface area (Å²) in [5, 5.41) is 3.12. The number of urea groups is 1. The van der Waals surface area contributed by atoms with Gasteiger partial charge >= 0.3 is 6.03 Å². The molecule has 0 bridgehead atoms. The zero-order chi connectivity index (χ0) is 19.5. The SMILES string of the molecule is COC1(C)CCCN(C(=O)NCC(C)(C)c2ccc3c(c2)OCCO3)CC1. The van der Waals surface area contributed by atoms with Crippen LogP contribution in [0.2, 0.25) is 0 Å². The zero-order valence-electron chi connectivity index (χ0n) is 17.0. The van der Waals surface area contributed by atoms with Gasteiger partial charge in [-0.2, -0.15) is 0 Å². The monoisotopic (exact) mass is 376 g/mol. The van der Waals surface area contributed by atoms with Crippen molar-refractivity contribution in [2.24, 2.45) is 0 Å². The van der Waals surface area contributed by atoms with E-state index in [-0.39, 0.29) is 17.0 Å². The van der Waals surface area contributed by atoms with E-state index in [9.17, 15) is 4.79 Å². The minimum Gasteiger partial charge on any atom is -0.486 e. The van der Waals surface area contributed by atoms with Gasteiger partial charge in [-0.3, -0.25) is 0 Å². The molecule has 1 aromatic rings. The largest absolute Gasteiger partial charge is 0.486 e. The van der Waals surface area contributed by atoms with Gasteiger partial charge in [0.15, 0.2) is 11.5 Å². The molecule has 1 N–H and O–H groups in total. The van der Waals surface area contributed by atoms with Gasteiger partial charge in [-0.15, -0.1) is 0 Å². The van der Waals surface area contributed by atoms with E-state index in [1.807, 2.05) is 17.0 Å². The molecule has 1 aromatic carbocycles. The Bertz CT molecular complexity index is 676. The van der Waals surface area contributed by atoms with E-state index in [2.05, 4.69) is 32.2 Å². The fourth-order valence-corrected chi connectivity index (χ4v) is 3.63. The molecule has 0 aliphatic carbocycles. The maximum atomic E-state index is 12.7. The van der Waals surface area contributed by atoms with E-state index in [4.69, 9.17) is 14.2 Å². The lowest BCUT2D eigenvalue weighted by Crippen LogP contribution is -2.45. The van der Waals surface area contributed by atoms with E-state index in [1.165, 1.54) is 0 Å². The van der Waals surface area contributed by atoms with Crippen LogP contribution in [0.15, 0.2) is 18.2 Å². The van der Waals surface area contributed by atoms with Crippen LogP contribution in [0.25, 0.3) is 0 Å². The number of fused-ring (bicyclic) bond motifs is 1. The quantitative estimate of drug-likeness (QED) is 0.876. The second-order valence-corrected chi connectivity index (χ2v) is 8.40. The maximum Gasteiger partial charge on any atom is 0.317 e. The predicted octanol–water partition coefficient (Wildman–Crippen LogP) is 3.34. The van der Waals surface area contributed by atoms with Gasteiger partial charge in [-0.25, -0.2) is 4.79 Å². The van der Waals surface area contributed by atoms with Crippen molar-refractivity contribution in [3.63, 3.8) is 0 Å². The third-order valence-electron chi connectivity index (χ3n) is 5.83. The Kier molecular flexibility index (Phi) is 5.84. The van der Waals surface area contributed by atoms with Crippen molar-refractivity contribution in [3.05, 3.63) is 23.8 Å². The molecule has 2 aliphatic heterocycles. The summed E-state index contributed by atoms with van der Waals surface area (Å²) in [7, 11) is 1.76. The molecule has 0 radical (unpaired) electrons. The first-order chi connectivity index (χ1) is 12.8. The highest BCUT2D eigenvalue weighted by atomic mass is 16.6. The second-order valence-electron chi connectivity index (χ2n) is 8.40. The highest BCUT2D eigenvalue weighted by molar-refractivity contribution is 5.74. The molecule has 1 unspecified atom stereocenters. The Labute approximate surface area is 162 Å². The van der Waals surface area contributed by atoms with Crippen LogP contribution in [-0.2, 0) is 10.2 Å². The molecule has 0 saturated carbocycles. The molecule has 150 valence electrons. The highest BCUT2D eigenvalue weighted by Gasteiger charge is 2.30. The van der Waals surface area contributed by atoms with E-state index < -0.39 is 0 Å². The predicted molar refractivity (Wildman–Crippen MR) is 105 cm³/mol. The van der Waals surface area contributed by atoms with Gasteiger partial charge in [0.2, 0.25) is 0 Å². The van der Waals surface area contributed by atoms with Crippen LogP contribution in [-0.4, -0.2) is 56.5 Å². The summed E-state index contributed by atoms with van der Waals surface area (Å²) in [5.74, 6) is 1.57. The Morgan fingerprint density at radius 2 is 1.96 bits per heavy atom. The van der Waals surface area contributed by atoms with E-state index >= 15 is 0 Å². The molecule has 6 nitrogen and oxygen atoms in total. The van der Waals surface area contributed by atoms with Gasteiger partial charge in [0.05, 0.1) is 5.60 Å². The van der Waals surface area contributed by atoms with Gasteiger partial charge in [0, 0.05) is 32.2 Å². The molecule has 0 spiro atoms. The van der Waals surface area contributed by atoms with Crippen LogP contribution in [0, 0.1) is 0 Å². The number of nitrogens with one attached hydrogen (secondary N) is 1. The summed E-state index contributed by atoms with van der Waals surface area (Å²) < 4.78 is 16.9. The number of nitrogens with zero attached hydrogens (tertiary/aromatic N) is 1. The van der Waals surface area contributed by atoms with Crippen molar-refractivity contribution in [1.29, 1.82) is 0 Å². The lowest BCUT2D eigenvalue weighted by atomic mass is 9.84. The minimum atomic E-state index is -0.210. The smallest absolute Gasteiger partial charge is 0.317 e. The molecule has 2 heterocycles. The molecule has 1 saturated heterocycles. The van der Waals surface area contributed by atoms with E-state index in [1.54, 1.807) is 7.11 Å². The number of amides is 2. The molecular weight excluding hydrogens is 344 g/mol. The first kappa shape index (κ1) is 19.8. The van der Waals surface area contributed by atoms with Crippen molar-refractivity contribution < 1.29 is 19.0 Å². The van der Waals surface area contributed by atoms with Gasteiger partial charge < -0.3 is 24.4 Å². The molecule has 3 rings (SSSR count). The third kappa shape index (κ3) is 4.67. The summed E-state index contributed by atoms with van der Waals surface area (Å²) in [6, 6.07) is 6.03. The van der Waals surface area contributed by atoms with Crippen LogP contribution in [0.3, 0.4) is 0 Å². The van der Waals surface area contributed by atoms with Gasteiger partial charge in [0.1, 0.15) is 13.2 Å². The fourth-order valence-electron chi connectivity index (χ4n) is 3.63. The molecule has 1 atom stereocenters. The van der Waals surface area contributed by atoms with Crippen LogP contribution in [0.5, 0.6) is 11.5 Å². The second kappa shape index (κ2) is 7.97. The molecule has 1 fully saturated rings. The summed E-state index contributed by atoms with van der Waals surface area (Å²) in [4.78, 5) is 14.6. The highest BCUT2D eigenvalue weighted by Crippen LogP contribution is 2.35. The van der Waals surface area contributed by atoms with Gasteiger partial charge in [-0.05, 0) is 43.9 Å². The van der Waals surface area contributed by atoms with Crippen molar-refractivity contribution in [3.8, 4) is 11.5 Å². The Morgan fingerprint density at radius 3 is 2.70 bits per heavy atom. The Morgan fingerprint density at radius 1 is 1.22 bits per heavy atom. The van der Waals surface area contributed by atoms with Crippen LogP contribution in [0.1, 0.15) is 45.6 Å². The molecule has 2 aliphatic rings. The molecular formula is C21H32N2O4. The van der Waals surface area contributed by atoms with Crippen molar-refractivity contribution in [2.45, 2.75) is 51.0 Å². The van der Waals surface area contributed by atoms with Crippen LogP contribution < -0.4 is 14.8 Å². The standard InChI is InChI=1S/C21H32N2O4/c1-20(2,16-6-7-17-18(14-16)27-13-12-26-17)15-22-19(24)23-10-5-8-21(3,25-4)9-11-23/h6-7,14H,5,8-13,15H2,1-4H3,(H,22,24). The lowest BCUT2D eigenvalue weighted by molar-refractivity contribution is -0.00500. The fraction of sp³-hybridized carbons (Fsp3) is 0.667. The molecule has 27 heavy (non-hydrogen) atoms. The molecule has 6 heteroatoms. The summed E-state index contributed by atoms with van der Waals surface area (Å²) in [6.07, 6.45) is 2.81. The van der Waals surface area contributed by atoms with Crippen LogP contribution >= 0.6 is 0 Å². The van der Waals surface area contributed by atoms with E-state index in [0.717, 1.165) is 49.4 Å². The number of hydrogen-bond acceptors (Lipinski definition) is 4. The number of carbonyl (C=O) groups is 1. The van der Waals surface area contributed by atoms with E-state index in [0.29, 0.717) is 19.8 Å². The summed E-state index contributed by atoms with van der Waals surface area (Å²) in [6.45, 7) is 9.59. The molecule has 2 amide bonds. The average Bonchev–Trinajstić information content (AvgIpc) is 2.88. The summed E-state index contributed by atoms with van der Waals surface area (Å²) >= 11 is 0. The number of likely N-dealkylation sites (tertiary alicyclic amines) is 1. The topological polar surface area (TPSA) is 60.0 Å². The first-order valence-corrected chi connectivity index (χ1v) is 9.81. The van der Waals surface area contributed by atoms with Crippen molar-refractivity contribution in [2.75, 3.05) is 40.0 Å². The summed E-state index contributed by atoms with van der Waals surface area (Å²) in [5.41, 5.74) is 0.785. The van der Waals surface area contributed by atoms with Crippen LogP contribution in [0.4, 0.5) is 4.79 Å². The lowest BCUT2D eigenvalue weighted by Gasteiger charge is -2.30. The number of hydrogen-bond donors (Lipinski definition) is 1. The van der Waals surface area contributed by atoms with Gasteiger partial charge in [-0.1, -0.05) is 19.9 Å². The third-order valence-corrected chi connectivity index (χ3v) is 5.83. The number of methoxy groups -OCH3 is 1. The maximum absolute atomic E-state index is 12.7. The van der Waals surface area contributed by atoms with Crippen molar-refractivity contribution in [1.82, 2.24) is 10.2 Å². The number of ether oxygens (including phenoxy) is 3. The minimum absolute atomic E-state index is 0.000899. The van der Waals surface area contributed by atoms with Crippen molar-refractivity contribution >= 4 is 6.03 Å². The normalized spacial score (nSPS) is 22.9. The first-order valence-electron chi connectivity index (χ1n) is 9.81. The zero-order valence-corrected chi connectivity index (χ0v) is 17.0. The van der Waals surface area contributed by atoms with Gasteiger partial charge in [0.25, 0.3) is 0 Å². The number of benzene rings is 1. The average molecular weight is 376 g/mol. The Balaban J connectivity index is 1.59. The Hall–Kier alpha value is -1.95.